The lowest BCUT2D eigenvalue weighted by Gasteiger charge is -2.34. The van der Waals surface area contributed by atoms with Crippen LogP contribution in [0.4, 0.5) is 0 Å². The van der Waals surface area contributed by atoms with Crippen molar-refractivity contribution < 1.29 is 14.7 Å². The van der Waals surface area contributed by atoms with Crippen LogP contribution in [0.5, 0.6) is 0 Å². The number of rotatable bonds is 4. The molecule has 136 valence electrons. The third-order valence-corrected chi connectivity index (χ3v) is 4.90. The summed E-state index contributed by atoms with van der Waals surface area (Å²) in [5, 5.41) is 9.54. The highest BCUT2D eigenvalue weighted by molar-refractivity contribution is 5.84. The van der Waals surface area contributed by atoms with E-state index in [1.54, 1.807) is 13.8 Å². The molecule has 2 N–H and O–H groups in total. The van der Waals surface area contributed by atoms with Gasteiger partial charge >= 0.3 is 11.7 Å². The lowest BCUT2D eigenvalue weighted by Crippen LogP contribution is -2.48. The predicted molar refractivity (Wildman–Crippen MR) is 94.8 cm³/mol. The number of carboxylic acids is 1. The second-order valence-corrected chi connectivity index (χ2v) is 6.58. The van der Waals surface area contributed by atoms with Gasteiger partial charge in [-0.2, -0.15) is 4.98 Å². The van der Waals surface area contributed by atoms with Gasteiger partial charge in [0.05, 0.1) is 0 Å². The fourth-order valence-corrected chi connectivity index (χ4v) is 3.50. The Hall–Kier alpha value is -2.96. The highest BCUT2D eigenvalue weighted by Gasteiger charge is 2.34. The highest BCUT2D eigenvalue weighted by Crippen LogP contribution is 2.24. The van der Waals surface area contributed by atoms with E-state index in [1.165, 1.54) is 4.90 Å². The van der Waals surface area contributed by atoms with Gasteiger partial charge in [0.15, 0.2) is 0 Å². The SMILES string of the molecule is Cc1nc(=O)[nH]c(C)c1CCC(=O)N1Cc2ccccc2CC1C(=O)O. The van der Waals surface area contributed by atoms with Gasteiger partial charge in [-0.1, -0.05) is 24.3 Å². The molecule has 0 aliphatic carbocycles. The predicted octanol–water partition coefficient (Wildman–Crippen LogP) is 1.36. The lowest BCUT2D eigenvalue weighted by atomic mass is 9.93. The summed E-state index contributed by atoms with van der Waals surface area (Å²) < 4.78 is 0. The Labute approximate surface area is 150 Å². The molecule has 0 fully saturated rings. The minimum Gasteiger partial charge on any atom is -0.480 e. The maximum atomic E-state index is 12.8. The van der Waals surface area contributed by atoms with E-state index >= 15 is 0 Å². The van der Waals surface area contributed by atoms with E-state index in [4.69, 9.17) is 0 Å². The van der Waals surface area contributed by atoms with E-state index in [9.17, 15) is 19.5 Å². The topological polar surface area (TPSA) is 103 Å². The molecule has 1 aromatic carbocycles. The molecule has 0 bridgehead atoms. The van der Waals surface area contributed by atoms with E-state index in [1.807, 2.05) is 24.3 Å². The quantitative estimate of drug-likeness (QED) is 0.862. The molecule has 0 saturated carbocycles. The monoisotopic (exact) mass is 355 g/mol. The van der Waals surface area contributed by atoms with Crippen molar-refractivity contribution in [2.24, 2.45) is 0 Å². The zero-order valence-electron chi connectivity index (χ0n) is 14.8. The van der Waals surface area contributed by atoms with Gasteiger partial charge in [-0.05, 0) is 37.0 Å². The maximum Gasteiger partial charge on any atom is 0.345 e. The number of nitrogens with zero attached hydrogens (tertiary/aromatic N) is 2. The molecule has 1 amide bonds. The van der Waals surface area contributed by atoms with Crippen LogP contribution in [-0.4, -0.2) is 37.9 Å². The minimum atomic E-state index is -0.995. The molecule has 2 aromatic rings. The first-order valence-corrected chi connectivity index (χ1v) is 8.52. The van der Waals surface area contributed by atoms with Crippen molar-refractivity contribution in [2.75, 3.05) is 0 Å². The number of aliphatic carboxylic acids is 1. The highest BCUT2D eigenvalue weighted by atomic mass is 16.4. The second-order valence-electron chi connectivity index (χ2n) is 6.58. The molecule has 1 unspecified atom stereocenters. The largest absolute Gasteiger partial charge is 0.480 e. The van der Waals surface area contributed by atoms with E-state index < -0.39 is 17.7 Å². The van der Waals surface area contributed by atoms with E-state index in [-0.39, 0.29) is 12.3 Å². The zero-order chi connectivity index (χ0) is 18.8. The summed E-state index contributed by atoms with van der Waals surface area (Å²) in [7, 11) is 0. The first-order valence-electron chi connectivity index (χ1n) is 8.52. The van der Waals surface area contributed by atoms with Crippen LogP contribution < -0.4 is 5.69 Å². The smallest absolute Gasteiger partial charge is 0.345 e. The van der Waals surface area contributed by atoms with E-state index in [0.717, 1.165) is 16.7 Å². The van der Waals surface area contributed by atoms with Crippen LogP contribution >= 0.6 is 0 Å². The van der Waals surface area contributed by atoms with Crippen molar-refractivity contribution in [3.63, 3.8) is 0 Å². The van der Waals surface area contributed by atoms with Gasteiger partial charge in [0, 0.05) is 30.8 Å². The summed E-state index contributed by atoms with van der Waals surface area (Å²) in [4.78, 5) is 43.7. The molecule has 1 aliphatic rings. The van der Waals surface area contributed by atoms with Crippen molar-refractivity contribution in [2.45, 2.75) is 45.7 Å². The number of aromatic amines is 1. The van der Waals surface area contributed by atoms with Crippen molar-refractivity contribution in [1.29, 1.82) is 0 Å². The number of amides is 1. The van der Waals surface area contributed by atoms with E-state index in [0.29, 0.717) is 30.8 Å². The Bertz CT molecular complexity index is 893. The fourth-order valence-electron chi connectivity index (χ4n) is 3.50. The summed E-state index contributed by atoms with van der Waals surface area (Å²) in [5.74, 6) is -1.21. The van der Waals surface area contributed by atoms with Crippen molar-refractivity contribution in [1.82, 2.24) is 14.9 Å². The molecule has 1 atom stereocenters. The molecule has 2 heterocycles. The Morgan fingerprint density at radius 1 is 1.27 bits per heavy atom. The molecule has 0 radical (unpaired) electrons. The number of fused-ring (bicyclic) bond motifs is 1. The second kappa shape index (κ2) is 7.11. The molecule has 26 heavy (non-hydrogen) atoms. The number of aromatic nitrogens is 2. The van der Waals surface area contributed by atoms with Crippen LogP contribution in [0.25, 0.3) is 0 Å². The molecule has 1 aliphatic heterocycles. The number of hydrogen-bond acceptors (Lipinski definition) is 4. The first-order chi connectivity index (χ1) is 12.4. The zero-order valence-corrected chi connectivity index (χ0v) is 14.8. The molecular formula is C19H21N3O4. The van der Waals surface area contributed by atoms with Gasteiger partial charge in [-0.15, -0.1) is 0 Å². The van der Waals surface area contributed by atoms with Gasteiger partial charge in [0.1, 0.15) is 6.04 Å². The van der Waals surface area contributed by atoms with Crippen molar-refractivity contribution in [3.8, 4) is 0 Å². The Balaban J connectivity index is 1.78. The number of nitrogens with one attached hydrogen (secondary N) is 1. The van der Waals surface area contributed by atoms with Gasteiger partial charge in [0.25, 0.3) is 0 Å². The van der Waals surface area contributed by atoms with Gasteiger partial charge in [-0.3, -0.25) is 4.79 Å². The third kappa shape index (κ3) is 3.51. The Kier molecular flexibility index (Phi) is 4.88. The maximum absolute atomic E-state index is 12.8. The number of hydrogen-bond donors (Lipinski definition) is 2. The van der Waals surface area contributed by atoms with Crippen LogP contribution in [0.2, 0.25) is 0 Å². The third-order valence-electron chi connectivity index (χ3n) is 4.90. The molecule has 0 saturated heterocycles. The molecule has 1 aromatic heterocycles. The number of carbonyl (C=O) groups excluding carboxylic acids is 1. The van der Waals surface area contributed by atoms with E-state index in [2.05, 4.69) is 9.97 Å². The van der Waals surface area contributed by atoms with Crippen LogP contribution in [0.3, 0.4) is 0 Å². The number of aryl methyl sites for hydroxylation is 2. The van der Waals surface area contributed by atoms with Gasteiger partial charge in [0.2, 0.25) is 5.91 Å². The molecular weight excluding hydrogens is 334 g/mol. The number of carbonyl (C=O) groups is 2. The summed E-state index contributed by atoms with van der Waals surface area (Å²) in [6.07, 6.45) is 0.891. The Morgan fingerprint density at radius 3 is 2.62 bits per heavy atom. The fraction of sp³-hybridized carbons (Fsp3) is 0.368. The molecule has 0 spiro atoms. The molecule has 7 heteroatoms. The van der Waals surface area contributed by atoms with Gasteiger partial charge < -0.3 is 15.0 Å². The van der Waals surface area contributed by atoms with Crippen LogP contribution in [0.1, 0.15) is 34.5 Å². The summed E-state index contributed by atoms with van der Waals surface area (Å²) in [6.45, 7) is 3.81. The van der Waals surface area contributed by atoms with Crippen LogP contribution in [-0.2, 0) is 29.0 Å². The number of carboxylic acid groups (broad SMARTS) is 1. The minimum absolute atomic E-state index is 0.168. The van der Waals surface area contributed by atoms with Crippen LogP contribution in [0, 0.1) is 13.8 Å². The molecule has 3 rings (SSSR count). The normalized spacial score (nSPS) is 16.2. The molecule has 7 nitrogen and oxygen atoms in total. The Morgan fingerprint density at radius 2 is 1.96 bits per heavy atom. The lowest BCUT2D eigenvalue weighted by molar-refractivity contribution is -0.151. The first kappa shape index (κ1) is 17.8. The van der Waals surface area contributed by atoms with Gasteiger partial charge in [-0.25, -0.2) is 9.59 Å². The summed E-state index contributed by atoms with van der Waals surface area (Å²) in [6, 6.07) is 6.75. The standard InChI is InChI=1S/C19H21N3O4/c1-11-15(12(2)21-19(26)20-11)7-8-17(23)22-10-14-6-4-3-5-13(14)9-16(22)18(24)25/h3-6,16H,7-10H2,1-2H3,(H,24,25)(H,20,21,26). The van der Waals surface area contributed by atoms with Crippen molar-refractivity contribution in [3.05, 3.63) is 62.8 Å². The summed E-state index contributed by atoms with van der Waals surface area (Å²) >= 11 is 0. The average Bonchev–Trinajstić information content (AvgIpc) is 2.59. The summed E-state index contributed by atoms with van der Waals surface area (Å²) in [5.41, 5.74) is 3.65. The van der Waals surface area contributed by atoms with Crippen LogP contribution in [0.15, 0.2) is 29.1 Å². The average molecular weight is 355 g/mol. The number of H-pyrrole nitrogens is 1. The number of benzene rings is 1. The van der Waals surface area contributed by atoms with Crippen molar-refractivity contribution >= 4 is 11.9 Å².